The number of hydrogen-bond acceptors (Lipinski definition) is 6. The summed E-state index contributed by atoms with van der Waals surface area (Å²) in [5.74, 6) is 1.74. The molecule has 0 aliphatic carbocycles. The number of amides is 1. The van der Waals surface area contributed by atoms with Crippen LogP contribution in [0.3, 0.4) is 0 Å². The van der Waals surface area contributed by atoms with Crippen molar-refractivity contribution in [2.45, 2.75) is 13.5 Å². The first-order valence-electron chi connectivity index (χ1n) is 8.27. The summed E-state index contributed by atoms with van der Waals surface area (Å²) in [7, 11) is 4.60. The zero-order valence-electron chi connectivity index (χ0n) is 15.8. The van der Waals surface area contributed by atoms with E-state index in [-0.39, 0.29) is 24.8 Å². The number of ether oxygens (including phenoxy) is 4. The van der Waals surface area contributed by atoms with Crippen molar-refractivity contribution in [2.75, 3.05) is 27.9 Å². The second-order valence-corrected chi connectivity index (χ2v) is 5.68. The standard InChI is InChI=1S/C20H23NO6/c1-13(22)15-5-7-16(8-6-15)27-12-19(23)21-11-14-9-17(24-2)20(26-4)18(10-14)25-3/h5-10H,11-12H2,1-4H3,(H,21,23). The monoisotopic (exact) mass is 373 g/mol. The minimum atomic E-state index is -0.278. The zero-order chi connectivity index (χ0) is 19.8. The van der Waals surface area contributed by atoms with Gasteiger partial charge in [0, 0.05) is 12.1 Å². The van der Waals surface area contributed by atoms with E-state index in [2.05, 4.69) is 5.32 Å². The van der Waals surface area contributed by atoms with Gasteiger partial charge in [-0.05, 0) is 48.9 Å². The van der Waals surface area contributed by atoms with Crippen LogP contribution in [-0.2, 0) is 11.3 Å². The Morgan fingerprint density at radius 2 is 1.52 bits per heavy atom. The summed E-state index contributed by atoms with van der Waals surface area (Å²) in [5.41, 5.74) is 1.39. The third kappa shape index (κ3) is 5.37. The zero-order valence-corrected chi connectivity index (χ0v) is 15.8. The average molecular weight is 373 g/mol. The Labute approximate surface area is 158 Å². The lowest BCUT2D eigenvalue weighted by Gasteiger charge is -2.14. The molecule has 27 heavy (non-hydrogen) atoms. The summed E-state index contributed by atoms with van der Waals surface area (Å²) in [4.78, 5) is 23.3. The molecule has 0 bridgehead atoms. The number of hydrogen-bond donors (Lipinski definition) is 1. The summed E-state index contributed by atoms with van der Waals surface area (Å²) in [5, 5.41) is 2.77. The number of methoxy groups -OCH3 is 3. The highest BCUT2D eigenvalue weighted by Gasteiger charge is 2.13. The van der Waals surface area contributed by atoms with Gasteiger partial charge in [0.05, 0.1) is 21.3 Å². The fourth-order valence-electron chi connectivity index (χ4n) is 2.42. The summed E-state index contributed by atoms with van der Waals surface area (Å²) in [6.45, 7) is 1.64. The maximum atomic E-state index is 12.0. The van der Waals surface area contributed by atoms with Crippen molar-refractivity contribution in [1.82, 2.24) is 5.32 Å². The van der Waals surface area contributed by atoms with Crippen LogP contribution in [0.5, 0.6) is 23.0 Å². The molecule has 0 aromatic heterocycles. The van der Waals surface area contributed by atoms with Gasteiger partial charge < -0.3 is 24.3 Å². The predicted octanol–water partition coefficient (Wildman–Crippen LogP) is 2.61. The van der Waals surface area contributed by atoms with Crippen molar-refractivity contribution in [2.24, 2.45) is 0 Å². The molecule has 2 rings (SSSR count). The van der Waals surface area contributed by atoms with Crippen molar-refractivity contribution in [3.05, 3.63) is 47.5 Å². The van der Waals surface area contributed by atoms with Crippen LogP contribution in [0, 0.1) is 0 Å². The van der Waals surface area contributed by atoms with Crippen LogP contribution < -0.4 is 24.3 Å². The van der Waals surface area contributed by atoms with Gasteiger partial charge in [-0.15, -0.1) is 0 Å². The quantitative estimate of drug-likeness (QED) is 0.681. The molecule has 0 saturated heterocycles. The van der Waals surface area contributed by atoms with Crippen molar-refractivity contribution in [3.63, 3.8) is 0 Å². The highest BCUT2D eigenvalue weighted by atomic mass is 16.5. The van der Waals surface area contributed by atoms with E-state index in [4.69, 9.17) is 18.9 Å². The molecule has 0 heterocycles. The lowest BCUT2D eigenvalue weighted by Crippen LogP contribution is -2.28. The van der Waals surface area contributed by atoms with Gasteiger partial charge >= 0.3 is 0 Å². The van der Waals surface area contributed by atoms with Gasteiger partial charge in [-0.1, -0.05) is 0 Å². The van der Waals surface area contributed by atoms with E-state index in [1.807, 2.05) is 0 Å². The maximum Gasteiger partial charge on any atom is 0.258 e. The number of Topliss-reactive ketones (excluding diaryl/α,β-unsaturated/α-hetero) is 1. The Morgan fingerprint density at radius 1 is 0.926 bits per heavy atom. The van der Waals surface area contributed by atoms with Gasteiger partial charge in [0.15, 0.2) is 23.9 Å². The van der Waals surface area contributed by atoms with Gasteiger partial charge in [-0.3, -0.25) is 9.59 Å². The minimum absolute atomic E-state index is 0.0235. The van der Waals surface area contributed by atoms with Gasteiger partial charge in [0.25, 0.3) is 5.91 Å². The van der Waals surface area contributed by atoms with Crippen LogP contribution in [-0.4, -0.2) is 39.6 Å². The fourth-order valence-corrected chi connectivity index (χ4v) is 2.42. The third-order valence-electron chi connectivity index (χ3n) is 3.84. The van der Waals surface area contributed by atoms with Crippen LogP contribution in [0.4, 0.5) is 0 Å². The van der Waals surface area contributed by atoms with Crippen molar-refractivity contribution in [3.8, 4) is 23.0 Å². The summed E-state index contributed by atoms with van der Waals surface area (Å²) in [6.07, 6.45) is 0. The summed E-state index contributed by atoms with van der Waals surface area (Å²) in [6, 6.07) is 10.2. The van der Waals surface area contributed by atoms with E-state index in [0.29, 0.717) is 28.6 Å². The first kappa shape index (κ1) is 20.1. The molecule has 144 valence electrons. The van der Waals surface area contributed by atoms with E-state index >= 15 is 0 Å². The molecule has 0 aliphatic rings. The number of ketones is 1. The molecule has 1 N–H and O–H groups in total. The lowest BCUT2D eigenvalue weighted by molar-refractivity contribution is -0.123. The molecule has 0 aliphatic heterocycles. The molecule has 0 radical (unpaired) electrons. The van der Waals surface area contributed by atoms with Gasteiger partial charge in [-0.25, -0.2) is 0 Å². The first-order chi connectivity index (χ1) is 13.0. The summed E-state index contributed by atoms with van der Waals surface area (Å²) >= 11 is 0. The molecule has 0 fully saturated rings. The number of nitrogens with one attached hydrogen (secondary N) is 1. The molecule has 0 spiro atoms. The molecule has 1 amide bonds. The molecule has 7 heteroatoms. The Hall–Kier alpha value is -3.22. The Kier molecular flexibility index (Phi) is 7.05. The number of benzene rings is 2. The van der Waals surface area contributed by atoms with E-state index in [9.17, 15) is 9.59 Å². The highest BCUT2D eigenvalue weighted by molar-refractivity contribution is 5.94. The van der Waals surface area contributed by atoms with Crippen LogP contribution in [0.1, 0.15) is 22.8 Å². The fraction of sp³-hybridized carbons (Fsp3) is 0.300. The molecule has 0 unspecified atom stereocenters. The van der Waals surface area contributed by atoms with Crippen LogP contribution in [0.15, 0.2) is 36.4 Å². The van der Waals surface area contributed by atoms with Crippen LogP contribution >= 0.6 is 0 Å². The van der Waals surface area contributed by atoms with Crippen LogP contribution in [0.2, 0.25) is 0 Å². The first-order valence-corrected chi connectivity index (χ1v) is 8.27. The SMILES string of the molecule is COc1cc(CNC(=O)COc2ccc(C(C)=O)cc2)cc(OC)c1OC. The normalized spacial score (nSPS) is 10.1. The molecule has 2 aromatic rings. The van der Waals surface area contributed by atoms with E-state index in [1.54, 1.807) is 36.4 Å². The number of carbonyl (C=O) groups is 2. The highest BCUT2D eigenvalue weighted by Crippen LogP contribution is 2.38. The van der Waals surface area contributed by atoms with Gasteiger partial charge in [0.2, 0.25) is 5.75 Å². The molecule has 2 aromatic carbocycles. The van der Waals surface area contributed by atoms with E-state index in [1.165, 1.54) is 28.3 Å². The number of rotatable bonds is 9. The smallest absolute Gasteiger partial charge is 0.258 e. The largest absolute Gasteiger partial charge is 0.493 e. The molecular weight excluding hydrogens is 350 g/mol. The third-order valence-corrected chi connectivity index (χ3v) is 3.84. The lowest BCUT2D eigenvalue weighted by atomic mass is 10.1. The average Bonchev–Trinajstić information content (AvgIpc) is 2.69. The molecule has 0 atom stereocenters. The van der Waals surface area contributed by atoms with E-state index in [0.717, 1.165) is 5.56 Å². The van der Waals surface area contributed by atoms with Crippen molar-refractivity contribution in [1.29, 1.82) is 0 Å². The summed E-state index contributed by atoms with van der Waals surface area (Å²) < 4.78 is 21.3. The Bertz CT molecular complexity index is 776. The van der Waals surface area contributed by atoms with Gasteiger partial charge in [-0.2, -0.15) is 0 Å². The Balaban J connectivity index is 1.92. The van der Waals surface area contributed by atoms with Crippen LogP contribution in [0.25, 0.3) is 0 Å². The van der Waals surface area contributed by atoms with Crippen molar-refractivity contribution >= 4 is 11.7 Å². The molecular formula is C20H23NO6. The topological polar surface area (TPSA) is 83.1 Å². The van der Waals surface area contributed by atoms with Crippen molar-refractivity contribution < 1.29 is 28.5 Å². The second kappa shape index (κ2) is 9.47. The molecule has 7 nitrogen and oxygen atoms in total. The molecule has 0 saturated carbocycles. The number of carbonyl (C=O) groups excluding carboxylic acids is 2. The van der Waals surface area contributed by atoms with E-state index < -0.39 is 0 Å². The van der Waals surface area contributed by atoms with Gasteiger partial charge in [0.1, 0.15) is 5.75 Å². The minimum Gasteiger partial charge on any atom is -0.493 e. The predicted molar refractivity (Wildman–Crippen MR) is 99.9 cm³/mol. The maximum absolute atomic E-state index is 12.0. The Morgan fingerprint density at radius 3 is 2.00 bits per heavy atom. The second-order valence-electron chi connectivity index (χ2n) is 5.68.